The summed E-state index contributed by atoms with van der Waals surface area (Å²) in [5, 5.41) is 18.9. The number of rotatable bonds is 8. The number of nitrogen functional groups attached to an aromatic ring is 1. The molecule has 0 aliphatic heterocycles. The molecular weight excluding hydrogens is 589 g/mol. The molecule has 43 heavy (non-hydrogen) atoms. The van der Waals surface area contributed by atoms with Gasteiger partial charge in [0.25, 0.3) is 5.91 Å². The number of ether oxygens (including phenoxy) is 2. The maximum atomic E-state index is 12.7. The van der Waals surface area contributed by atoms with E-state index in [9.17, 15) is 10.1 Å². The zero-order valence-electron chi connectivity index (χ0n) is 23.4. The lowest BCUT2D eigenvalue weighted by atomic mass is 9.91. The van der Waals surface area contributed by atoms with E-state index >= 15 is 0 Å². The predicted octanol–water partition coefficient (Wildman–Crippen LogP) is 6.64. The zero-order chi connectivity index (χ0) is 30.1. The molecule has 2 heterocycles. The average Bonchev–Trinajstić information content (AvgIpc) is 3.75. The van der Waals surface area contributed by atoms with E-state index in [0.29, 0.717) is 55.8 Å². The van der Waals surface area contributed by atoms with Crippen molar-refractivity contribution < 1.29 is 14.3 Å². The molecule has 220 valence electrons. The topological polar surface area (TPSA) is 141 Å². The van der Waals surface area contributed by atoms with Crippen LogP contribution in [0.1, 0.15) is 44.6 Å². The molecule has 2 aliphatic rings. The van der Waals surface area contributed by atoms with Crippen LogP contribution in [-0.4, -0.2) is 38.8 Å². The van der Waals surface area contributed by atoms with Gasteiger partial charge in [0.2, 0.25) is 0 Å². The second kappa shape index (κ2) is 12.1. The van der Waals surface area contributed by atoms with Gasteiger partial charge < -0.3 is 20.5 Å². The Labute approximate surface area is 258 Å². The Morgan fingerprint density at radius 3 is 2.56 bits per heavy atom. The van der Waals surface area contributed by atoms with Crippen molar-refractivity contribution in [2.75, 3.05) is 12.8 Å². The van der Waals surface area contributed by atoms with Gasteiger partial charge in [-0.2, -0.15) is 10.4 Å². The Kier molecular flexibility index (Phi) is 8.10. The number of carbonyl (C=O) groups is 1. The third-order valence-electron chi connectivity index (χ3n) is 7.84. The fourth-order valence-corrected chi connectivity index (χ4v) is 5.70. The van der Waals surface area contributed by atoms with Gasteiger partial charge >= 0.3 is 0 Å². The van der Waals surface area contributed by atoms with Crippen LogP contribution in [0.3, 0.4) is 0 Å². The van der Waals surface area contributed by atoms with E-state index in [0.717, 1.165) is 44.1 Å². The Hall–Kier alpha value is -4.33. The summed E-state index contributed by atoms with van der Waals surface area (Å²) in [7, 11) is 1.56. The number of halogens is 2. The number of methoxy groups -OCH3 is 1. The lowest BCUT2D eigenvalue weighted by Gasteiger charge is -2.29. The van der Waals surface area contributed by atoms with Crippen molar-refractivity contribution in [2.24, 2.45) is 5.92 Å². The van der Waals surface area contributed by atoms with Gasteiger partial charge in [0.1, 0.15) is 35.2 Å². The number of fused-ring (bicyclic) bond motifs is 1. The van der Waals surface area contributed by atoms with Crippen LogP contribution in [0.5, 0.6) is 17.2 Å². The third-order valence-corrected chi connectivity index (χ3v) is 8.58. The molecule has 0 saturated heterocycles. The van der Waals surface area contributed by atoms with Crippen molar-refractivity contribution in [3.05, 3.63) is 64.4 Å². The minimum Gasteiger partial charge on any atom is -0.493 e. The molecular formula is C31H29Cl2N7O3. The molecule has 2 fully saturated rings. The lowest BCUT2D eigenvalue weighted by molar-refractivity contribution is -0.118. The van der Waals surface area contributed by atoms with Gasteiger partial charge in [0.05, 0.1) is 28.6 Å². The van der Waals surface area contributed by atoms with Crippen LogP contribution in [0.4, 0.5) is 5.82 Å². The fraction of sp³-hybridized carbons (Fsp3) is 0.323. The molecule has 0 bridgehead atoms. The molecule has 12 heteroatoms. The number of aromatic nitrogens is 4. The van der Waals surface area contributed by atoms with Crippen LogP contribution in [0.15, 0.2) is 54.4 Å². The van der Waals surface area contributed by atoms with Crippen LogP contribution < -0.4 is 20.5 Å². The normalized spacial score (nSPS) is 18.7. The highest BCUT2D eigenvalue weighted by molar-refractivity contribution is 6.42. The van der Waals surface area contributed by atoms with Gasteiger partial charge in [-0.05, 0) is 74.8 Å². The van der Waals surface area contributed by atoms with Gasteiger partial charge in [0.15, 0.2) is 17.1 Å². The number of nitrogens with two attached hydrogens (primary N) is 1. The molecule has 3 N–H and O–H groups in total. The largest absolute Gasteiger partial charge is 0.493 e. The zero-order valence-corrected chi connectivity index (χ0v) is 24.9. The molecule has 2 aromatic heterocycles. The van der Waals surface area contributed by atoms with E-state index in [1.807, 2.05) is 16.8 Å². The average molecular weight is 619 g/mol. The van der Waals surface area contributed by atoms with Gasteiger partial charge in [-0.3, -0.25) is 4.79 Å². The number of benzene rings is 2. The highest BCUT2D eigenvalue weighted by atomic mass is 35.5. The van der Waals surface area contributed by atoms with Crippen molar-refractivity contribution in [3.63, 3.8) is 0 Å². The van der Waals surface area contributed by atoms with Crippen molar-refractivity contribution in [1.82, 2.24) is 25.1 Å². The first-order valence-electron chi connectivity index (χ1n) is 14.1. The molecule has 2 aliphatic carbocycles. The summed E-state index contributed by atoms with van der Waals surface area (Å²) in [5.74, 6) is 1.90. The van der Waals surface area contributed by atoms with Gasteiger partial charge in [-0.25, -0.2) is 14.6 Å². The molecule has 0 atom stereocenters. The first-order valence-corrected chi connectivity index (χ1v) is 14.8. The van der Waals surface area contributed by atoms with Gasteiger partial charge in [-0.15, -0.1) is 0 Å². The number of nitriles is 1. The summed E-state index contributed by atoms with van der Waals surface area (Å²) >= 11 is 12.2. The Balaban J connectivity index is 1.24. The number of hydrogen-bond donors (Lipinski definition) is 2. The summed E-state index contributed by atoms with van der Waals surface area (Å²) in [6.07, 6.45) is 8.38. The van der Waals surface area contributed by atoms with Crippen molar-refractivity contribution >= 4 is 46.0 Å². The van der Waals surface area contributed by atoms with E-state index in [1.165, 1.54) is 6.33 Å². The fourth-order valence-electron chi connectivity index (χ4n) is 5.41. The lowest BCUT2D eigenvalue weighted by Crippen LogP contribution is -2.38. The second-order valence-electron chi connectivity index (χ2n) is 10.8. The highest BCUT2D eigenvalue weighted by Gasteiger charge is 2.29. The van der Waals surface area contributed by atoms with Crippen LogP contribution >= 0.6 is 23.2 Å². The number of nitrogens with one attached hydrogen (secondary N) is 1. The highest BCUT2D eigenvalue weighted by Crippen LogP contribution is 2.40. The predicted molar refractivity (Wildman–Crippen MR) is 164 cm³/mol. The number of anilines is 1. The smallest absolute Gasteiger partial charge is 0.261 e. The van der Waals surface area contributed by atoms with E-state index in [2.05, 4.69) is 21.4 Å². The minimum atomic E-state index is -0.286. The molecule has 0 spiro atoms. The molecule has 1 amide bonds. The van der Waals surface area contributed by atoms with Crippen molar-refractivity contribution in [3.8, 4) is 34.6 Å². The number of nitrogens with zero attached hydrogens (tertiary/aromatic N) is 5. The Morgan fingerprint density at radius 1 is 1.07 bits per heavy atom. The summed E-state index contributed by atoms with van der Waals surface area (Å²) in [4.78, 5) is 21.4. The van der Waals surface area contributed by atoms with E-state index < -0.39 is 0 Å². The summed E-state index contributed by atoms with van der Waals surface area (Å²) in [5.41, 5.74) is 8.61. The number of allylic oxidation sites excluding steroid dienone is 1. The van der Waals surface area contributed by atoms with Crippen LogP contribution in [0.2, 0.25) is 10.0 Å². The Bertz CT molecular complexity index is 1770. The van der Waals surface area contributed by atoms with E-state index in [1.54, 1.807) is 37.5 Å². The quantitative estimate of drug-likeness (QED) is 0.165. The molecule has 4 aromatic rings. The molecule has 0 radical (unpaired) electrons. The first-order chi connectivity index (χ1) is 20.8. The molecule has 10 nitrogen and oxygen atoms in total. The van der Waals surface area contributed by atoms with E-state index in [-0.39, 0.29) is 23.6 Å². The maximum absolute atomic E-state index is 12.7. The summed E-state index contributed by atoms with van der Waals surface area (Å²) in [6.45, 7) is 0. The van der Waals surface area contributed by atoms with Gasteiger partial charge in [-0.1, -0.05) is 29.3 Å². The molecule has 0 unspecified atom stereocenters. The molecule has 6 rings (SSSR count). The number of hydrogen-bond acceptors (Lipinski definition) is 8. The van der Waals surface area contributed by atoms with Crippen molar-refractivity contribution in [2.45, 2.75) is 50.6 Å². The standard InChI is InChI=1S/C31H29Cl2N7O3/c1-42-26-13-18(4-11-25(26)43-22-9-10-23(32)24(33)14-22)28-27-29(35)36-16-37-30(27)40(39-28)21-7-5-20(6-8-21)38-31(41)19(15-34)12-17-2-3-17/h4,9-14,16-17,20-21H,2-3,5-8H2,1H3,(H,38,41)(H2,35,36,37)/b19-12-. The molecule has 2 aromatic carbocycles. The summed E-state index contributed by atoms with van der Waals surface area (Å²) < 4.78 is 13.6. The minimum absolute atomic E-state index is 0.00646. The van der Waals surface area contributed by atoms with Crippen molar-refractivity contribution in [1.29, 1.82) is 5.26 Å². The number of carbonyl (C=O) groups excluding carboxylic acids is 1. The van der Waals surface area contributed by atoms with Crippen LogP contribution in [0.25, 0.3) is 22.3 Å². The summed E-state index contributed by atoms with van der Waals surface area (Å²) in [6, 6.07) is 12.6. The van der Waals surface area contributed by atoms with E-state index in [4.69, 9.17) is 43.5 Å². The maximum Gasteiger partial charge on any atom is 0.261 e. The number of amides is 1. The van der Waals surface area contributed by atoms with Crippen LogP contribution in [0, 0.1) is 17.2 Å². The Morgan fingerprint density at radius 2 is 1.86 bits per heavy atom. The van der Waals surface area contributed by atoms with Crippen LogP contribution in [-0.2, 0) is 4.79 Å². The second-order valence-corrected chi connectivity index (χ2v) is 11.6. The molecule has 2 saturated carbocycles. The first kappa shape index (κ1) is 28.8. The third kappa shape index (κ3) is 6.10. The monoisotopic (exact) mass is 617 g/mol. The van der Waals surface area contributed by atoms with Gasteiger partial charge in [0, 0.05) is 17.7 Å². The SMILES string of the molecule is COc1cc(-c2nn(C3CCC(NC(=O)/C(C#N)=C\C4CC4)CC3)c3ncnc(N)c23)ccc1Oc1ccc(Cl)c(Cl)c1.